The molecule has 2 aromatic carbocycles. The van der Waals surface area contributed by atoms with E-state index in [0.717, 1.165) is 23.3 Å². The molecule has 3 aromatic rings. The molecular weight excluding hydrogens is 433 g/mol. The van der Waals surface area contributed by atoms with Crippen molar-refractivity contribution in [2.45, 2.75) is 39.9 Å². The summed E-state index contributed by atoms with van der Waals surface area (Å²) in [5.74, 6) is 2.03. The highest BCUT2D eigenvalue weighted by Crippen LogP contribution is 2.34. The van der Waals surface area contributed by atoms with E-state index in [9.17, 15) is 18.0 Å². The number of rotatable bonds is 6. The summed E-state index contributed by atoms with van der Waals surface area (Å²) < 4.78 is 52.5. The lowest BCUT2D eigenvalue weighted by Crippen LogP contribution is -2.21. The zero-order chi connectivity index (χ0) is 23.8. The van der Waals surface area contributed by atoms with Crippen LogP contribution in [0.1, 0.15) is 44.1 Å². The van der Waals surface area contributed by atoms with Crippen molar-refractivity contribution in [1.29, 1.82) is 0 Å². The van der Waals surface area contributed by atoms with Crippen LogP contribution in [0, 0.1) is 5.92 Å². The van der Waals surface area contributed by atoms with Crippen LogP contribution in [0.2, 0.25) is 0 Å². The Morgan fingerprint density at radius 1 is 1.12 bits per heavy atom. The molecular formula is C25H25F3N2O3. The Morgan fingerprint density at radius 2 is 1.91 bits per heavy atom. The van der Waals surface area contributed by atoms with E-state index in [-0.39, 0.29) is 16.5 Å². The van der Waals surface area contributed by atoms with Crippen LogP contribution in [0.3, 0.4) is 0 Å². The third kappa shape index (κ3) is 4.74. The van der Waals surface area contributed by atoms with Crippen LogP contribution in [-0.4, -0.2) is 22.8 Å². The molecule has 0 radical (unpaired) electrons. The third-order valence-corrected chi connectivity index (χ3v) is 5.36. The summed E-state index contributed by atoms with van der Waals surface area (Å²) in [6, 6.07) is 8.63. The maximum Gasteiger partial charge on any atom is 0.416 e. The Kier molecular flexibility index (Phi) is 6.19. The molecule has 0 spiro atoms. The summed E-state index contributed by atoms with van der Waals surface area (Å²) in [5, 5.41) is 0.179. The number of benzene rings is 2. The standard InChI is InChI=1S/C25H25F3N2O3/c1-4-32-22-12-16(5-8-21(22)33-14-15(2)3)11-17-9-10-30-23(17)29-20-13-18(25(26,27)28)6-7-19(20)24(30)31/h5-8,11-13,15H,4,9-10,14H2,1-3H3/b17-11+. The van der Waals surface area contributed by atoms with Gasteiger partial charge in [-0.05, 0) is 66.8 Å². The number of aromatic nitrogens is 2. The SMILES string of the molecule is CCOc1cc(/C=C2\CCn3c2nc2cc(C(F)(F)F)ccc2c3=O)ccc1OCC(C)C. The molecule has 1 aliphatic rings. The van der Waals surface area contributed by atoms with Gasteiger partial charge in [0.2, 0.25) is 0 Å². The second-order valence-corrected chi connectivity index (χ2v) is 8.39. The fraction of sp³-hybridized carbons (Fsp3) is 0.360. The van der Waals surface area contributed by atoms with Crippen molar-refractivity contribution in [2.24, 2.45) is 5.92 Å². The first kappa shape index (κ1) is 22.9. The van der Waals surface area contributed by atoms with Crippen molar-refractivity contribution in [2.75, 3.05) is 13.2 Å². The van der Waals surface area contributed by atoms with E-state index in [2.05, 4.69) is 18.8 Å². The highest BCUT2D eigenvalue weighted by atomic mass is 19.4. The van der Waals surface area contributed by atoms with Gasteiger partial charge < -0.3 is 9.47 Å². The topological polar surface area (TPSA) is 53.4 Å². The van der Waals surface area contributed by atoms with Crippen molar-refractivity contribution in [3.05, 3.63) is 63.7 Å². The number of alkyl halides is 3. The van der Waals surface area contributed by atoms with E-state index in [4.69, 9.17) is 9.47 Å². The normalized spacial score (nSPS) is 14.8. The van der Waals surface area contributed by atoms with Crippen LogP contribution in [0.5, 0.6) is 11.5 Å². The Morgan fingerprint density at radius 3 is 2.61 bits per heavy atom. The van der Waals surface area contributed by atoms with Gasteiger partial charge in [0, 0.05) is 6.54 Å². The quantitative estimate of drug-likeness (QED) is 0.469. The van der Waals surface area contributed by atoms with E-state index < -0.39 is 11.7 Å². The Hall–Kier alpha value is -3.29. The number of fused-ring (bicyclic) bond motifs is 2. The van der Waals surface area contributed by atoms with Crippen molar-refractivity contribution >= 4 is 22.6 Å². The molecule has 174 valence electrons. The lowest BCUT2D eigenvalue weighted by atomic mass is 10.1. The van der Waals surface area contributed by atoms with E-state index >= 15 is 0 Å². The van der Waals surface area contributed by atoms with Gasteiger partial charge in [0.05, 0.1) is 29.7 Å². The van der Waals surface area contributed by atoms with Crippen molar-refractivity contribution in [3.8, 4) is 11.5 Å². The van der Waals surface area contributed by atoms with Crippen molar-refractivity contribution in [3.63, 3.8) is 0 Å². The molecule has 0 amide bonds. The second kappa shape index (κ2) is 8.92. The first-order valence-electron chi connectivity index (χ1n) is 10.9. The summed E-state index contributed by atoms with van der Waals surface area (Å²) in [6.45, 7) is 7.48. The minimum Gasteiger partial charge on any atom is -0.490 e. The fourth-order valence-electron chi connectivity index (χ4n) is 3.79. The third-order valence-electron chi connectivity index (χ3n) is 5.36. The zero-order valence-electron chi connectivity index (χ0n) is 18.7. The van der Waals surface area contributed by atoms with E-state index in [1.54, 1.807) is 0 Å². The maximum absolute atomic E-state index is 13.1. The summed E-state index contributed by atoms with van der Waals surface area (Å²) >= 11 is 0. The number of allylic oxidation sites excluding steroid dienone is 1. The Balaban J connectivity index is 1.74. The summed E-state index contributed by atoms with van der Waals surface area (Å²) in [6.07, 6.45) is -2.06. The number of nitrogens with zero attached hydrogens (tertiary/aromatic N) is 2. The molecule has 0 atom stereocenters. The van der Waals surface area contributed by atoms with Crippen LogP contribution in [0.25, 0.3) is 22.6 Å². The summed E-state index contributed by atoms with van der Waals surface area (Å²) in [4.78, 5) is 17.3. The number of halogens is 3. The van der Waals surface area contributed by atoms with Gasteiger partial charge in [0.1, 0.15) is 5.82 Å². The number of hydrogen-bond donors (Lipinski definition) is 0. The van der Waals surface area contributed by atoms with Gasteiger partial charge in [-0.1, -0.05) is 19.9 Å². The van der Waals surface area contributed by atoms with Gasteiger partial charge in [-0.25, -0.2) is 4.98 Å². The highest BCUT2D eigenvalue weighted by Gasteiger charge is 2.31. The molecule has 0 bridgehead atoms. The molecule has 8 heteroatoms. The van der Waals surface area contributed by atoms with Crippen LogP contribution in [0.4, 0.5) is 13.2 Å². The molecule has 0 saturated carbocycles. The minimum absolute atomic E-state index is 0.0429. The molecule has 33 heavy (non-hydrogen) atoms. The monoisotopic (exact) mass is 458 g/mol. The van der Waals surface area contributed by atoms with Crippen LogP contribution in [0.15, 0.2) is 41.2 Å². The maximum atomic E-state index is 13.1. The molecule has 1 aliphatic heterocycles. The molecule has 0 fully saturated rings. The minimum atomic E-state index is -4.50. The smallest absolute Gasteiger partial charge is 0.416 e. The van der Waals surface area contributed by atoms with Crippen LogP contribution >= 0.6 is 0 Å². The molecule has 0 saturated heterocycles. The highest BCUT2D eigenvalue weighted by molar-refractivity contribution is 5.85. The molecule has 4 rings (SSSR count). The average molecular weight is 458 g/mol. The fourth-order valence-corrected chi connectivity index (χ4v) is 3.79. The average Bonchev–Trinajstić information content (AvgIpc) is 3.15. The van der Waals surface area contributed by atoms with E-state index in [1.165, 1.54) is 10.6 Å². The number of hydrogen-bond acceptors (Lipinski definition) is 4. The molecule has 0 N–H and O–H groups in total. The summed E-state index contributed by atoms with van der Waals surface area (Å²) in [7, 11) is 0. The van der Waals surface area contributed by atoms with Gasteiger partial charge in [0.25, 0.3) is 5.56 Å². The summed E-state index contributed by atoms with van der Waals surface area (Å²) in [5.41, 5.74) is 0.497. The molecule has 0 unspecified atom stereocenters. The van der Waals surface area contributed by atoms with Gasteiger partial charge in [-0.2, -0.15) is 13.2 Å². The van der Waals surface area contributed by atoms with E-state index in [0.29, 0.717) is 49.4 Å². The lowest BCUT2D eigenvalue weighted by Gasteiger charge is -2.14. The van der Waals surface area contributed by atoms with Crippen LogP contribution < -0.4 is 15.0 Å². The second-order valence-electron chi connectivity index (χ2n) is 8.39. The van der Waals surface area contributed by atoms with Gasteiger partial charge in [-0.3, -0.25) is 9.36 Å². The lowest BCUT2D eigenvalue weighted by molar-refractivity contribution is -0.137. The predicted octanol–water partition coefficient (Wildman–Crippen LogP) is 5.79. The molecule has 0 aliphatic carbocycles. The Labute approximate surface area is 189 Å². The van der Waals surface area contributed by atoms with Crippen molar-refractivity contribution in [1.82, 2.24) is 9.55 Å². The largest absolute Gasteiger partial charge is 0.490 e. The van der Waals surface area contributed by atoms with E-state index in [1.807, 2.05) is 31.2 Å². The first-order chi connectivity index (χ1) is 15.7. The van der Waals surface area contributed by atoms with Crippen LogP contribution in [-0.2, 0) is 12.7 Å². The Bertz CT molecular complexity index is 1280. The number of ether oxygens (including phenoxy) is 2. The molecule has 2 heterocycles. The predicted molar refractivity (Wildman–Crippen MR) is 121 cm³/mol. The first-order valence-corrected chi connectivity index (χ1v) is 10.9. The van der Waals surface area contributed by atoms with Gasteiger partial charge in [0.15, 0.2) is 11.5 Å². The van der Waals surface area contributed by atoms with Gasteiger partial charge >= 0.3 is 6.18 Å². The molecule has 1 aromatic heterocycles. The zero-order valence-corrected chi connectivity index (χ0v) is 18.7. The molecule has 5 nitrogen and oxygen atoms in total. The van der Waals surface area contributed by atoms with Gasteiger partial charge in [-0.15, -0.1) is 0 Å². The van der Waals surface area contributed by atoms with Crippen molar-refractivity contribution < 1.29 is 22.6 Å².